The fraction of sp³-hybridized carbons (Fsp3) is 0.844. The molecule has 0 amide bonds. The van der Waals surface area contributed by atoms with Gasteiger partial charge in [-0.15, -0.1) is 0 Å². The minimum absolute atomic E-state index is 0.103. The predicted molar refractivity (Wildman–Crippen MR) is 148 cm³/mol. The van der Waals surface area contributed by atoms with Crippen molar-refractivity contribution >= 4 is 17.9 Å². The van der Waals surface area contributed by atoms with Crippen LogP contribution in [0, 0.1) is 17.3 Å². The summed E-state index contributed by atoms with van der Waals surface area (Å²) in [7, 11) is 0. The van der Waals surface area contributed by atoms with E-state index in [2.05, 4.69) is 20.8 Å². The smallest absolute Gasteiger partial charge is 0.334 e. The van der Waals surface area contributed by atoms with Crippen LogP contribution in [-0.2, 0) is 47.5 Å². The van der Waals surface area contributed by atoms with Gasteiger partial charge in [-0.1, -0.05) is 20.8 Å². The Labute approximate surface area is 251 Å². The summed E-state index contributed by atoms with van der Waals surface area (Å²) in [4.78, 5) is 39.9. The second-order valence-corrected chi connectivity index (χ2v) is 14.3. The van der Waals surface area contributed by atoms with Crippen molar-refractivity contribution in [1.29, 1.82) is 0 Å². The topological polar surface area (TPSA) is 129 Å². The van der Waals surface area contributed by atoms with E-state index in [4.69, 9.17) is 33.2 Å². The number of ether oxygens (including phenoxy) is 7. The van der Waals surface area contributed by atoms with E-state index in [0.717, 1.165) is 43.5 Å². The van der Waals surface area contributed by atoms with Crippen LogP contribution >= 0.6 is 0 Å². The Morgan fingerprint density at radius 1 is 1.05 bits per heavy atom. The van der Waals surface area contributed by atoms with Crippen molar-refractivity contribution in [2.75, 3.05) is 46.1 Å². The molecule has 0 bridgehead atoms. The van der Waals surface area contributed by atoms with E-state index in [1.54, 1.807) is 0 Å². The number of epoxide rings is 3. The molecule has 11 heteroatoms. The van der Waals surface area contributed by atoms with Crippen LogP contribution in [0.25, 0.3) is 0 Å². The number of unbranched alkanes of at least 4 members (excludes halogenated alkanes) is 2. The van der Waals surface area contributed by atoms with Crippen LogP contribution in [0.4, 0.5) is 0 Å². The van der Waals surface area contributed by atoms with Gasteiger partial charge in [-0.25, -0.2) is 4.79 Å². The maximum Gasteiger partial charge on any atom is 0.334 e. The molecule has 5 aliphatic heterocycles. The normalized spacial score (nSPS) is 45.1. The van der Waals surface area contributed by atoms with Crippen molar-refractivity contribution in [1.82, 2.24) is 4.90 Å². The number of fused-ring (bicyclic) bond motifs is 4. The second-order valence-electron chi connectivity index (χ2n) is 14.3. The van der Waals surface area contributed by atoms with Gasteiger partial charge in [-0.2, -0.15) is 0 Å². The molecule has 4 saturated heterocycles. The Hall–Kier alpha value is -2.05. The summed E-state index contributed by atoms with van der Waals surface area (Å²) in [6, 6.07) is 0. The summed E-state index contributed by atoms with van der Waals surface area (Å²) in [6.07, 6.45) is 3.73. The molecule has 8 rings (SSSR count). The fourth-order valence-corrected chi connectivity index (χ4v) is 9.75. The number of rotatable bonds is 10. The van der Waals surface area contributed by atoms with E-state index in [1.807, 2.05) is 4.90 Å². The molecule has 5 heterocycles. The van der Waals surface area contributed by atoms with Crippen molar-refractivity contribution in [3.8, 4) is 0 Å². The van der Waals surface area contributed by atoms with Gasteiger partial charge in [0.05, 0.1) is 32.5 Å². The molecule has 236 valence electrons. The molecule has 2 spiro atoms. The SMILES string of the molecule is CC(C)[C@]12O[C@H]1[C@@H]1O[C@]13[C@]1(O[C@H]1C[C@H]1C4=C(CC[C@@]13C)C(=O)OC4)[C@@H]2OC(=O)CCCCCOC(=O)CN1CCOCC1. The van der Waals surface area contributed by atoms with E-state index in [1.165, 1.54) is 0 Å². The number of carbonyl (C=O) groups excluding carboxylic acids is 3. The van der Waals surface area contributed by atoms with Crippen molar-refractivity contribution in [3.63, 3.8) is 0 Å². The zero-order chi connectivity index (χ0) is 29.8. The van der Waals surface area contributed by atoms with Crippen LogP contribution in [-0.4, -0.2) is 110 Å². The molecule has 0 N–H and O–H groups in total. The van der Waals surface area contributed by atoms with Crippen LogP contribution < -0.4 is 0 Å². The van der Waals surface area contributed by atoms with Gasteiger partial charge in [0.2, 0.25) is 0 Å². The minimum atomic E-state index is -0.730. The molecule has 0 unspecified atom stereocenters. The number of morpholine rings is 1. The van der Waals surface area contributed by atoms with Crippen LogP contribution in [0.1, 0.15) is 65.7 Å². The van der Waals surface area contributed by atoms with Gasteiger partial charge in [-0.05, 0) is 55.9 Å². The standard InChI is InChI=1S/C32H43NO10/c1-18(2)30-25(42-30)26-32(43-26)29(3)9-8-19-20(17-39-27(19)36)21(29)15-22-31(32,41-22)28(30)40-23(34)7-5-4-6-12-38-24(35)16-33-10-13-37-14-11-33/h18,21-22,25-26,28H,4-17H2,1-3H3/t21-,22-,25-,26-,28+,29-,30-,31+,32+/m0/s1. The zero-order valence-electron chi connectivity index (χ0n) is 25.4. The number of hydrogen-bond donors (Lipinski definition) is 0. The van der Waals surface area contributed by atoms with Gasteiger partial charge in [0.25, 0.3) is 0 Å². The molecule has 43 heavy (non-hydrogen) atoms. The number of carbonyl (C=O) groups is 3. The van der Waals surface area contributed by atoms with E-state index in [0.29, 0.717) is 52.2 Å². The molecule has 0 aromatic heterocycles. The highest BCUT2D eigenvalue weighted by Crippen LogP contribution is 2.83. The van der Waals surface area contributed by atoms with E-state index >= 15 is 0 Å². The summed E-state index contributed by atoms with van der Waals surface area (Å²) in [5.74, 6) is -0.390. The first-order chi connectivity index (χ1) is 20.7. The Morgan fingerprint density at radius 3 is 2.65 bits per heavy atom. The number of nitrogens with zero attached hydrogens (tertiary/aromatic N) is 1. The summed E-state index contributed by atoms with van der Waals surface area (Å²) >= 11 is 0. The van der Waals surface area contributed by atoms with Crippen molar-refractivity contribution in [2.24, 2.45) is 17.3 Å². The largest absolute Gasteiger partial charge is 0.465 e. The first-order valence-electron chi connectivity index (χ1n) is 16.3. The third kappa shape index (κ3) is 3.81. The quantitative estimate of drug-likeness (QED) is 0.158. The zero-order valence-corrected chi connectivity index (χ0v) is 25.4. The van der Waals surface area contributed by atoms with Gasteiger partial charge in [-0.3, -0.25) is 14.5 Å². The molecule has 11 nitrogen and oxygen atoms in total. The molecule has 8 aliphatic rings. The van der Waals surface area contributed by atoms with Crippen molar-refractivity contribution in [2.45, 2.75) is 107 Å². The Bertz CT molecular complexity index is 1260. The average Bonchev–Trinajstić information content (AvgIpc) is 3.90. The average molecular weight is 602 g/mol. The fourth-order valence-electron chi connectivity index (χ4n) is 9.75. The number of hydrogen-bond acceptors (Lipinski definition) is 11. The van der Waals surface area contributed by atoms with Gasteiger partial charge < -0.3 is 33.2 Å². The molecule has 0 aromatic rings. The van der Waals surface area contributed by atoms with Gasteiger partial charge in [0.1, 0.15) is 30.0 Å². The lowest BCUT2D eigenvalue weighted by Crippen LogP contribution is -2.70. The molecule has 6 fully saturated rings. The van der Waals surface area contributed by atoms with Gasteiger partial charge in [0.15, 0.2) is 11.7 Å². The van der Waals surface area contributed by atoms with E-state index in [9.17, 15) is 14.4 Å². The third-order valence-corrected chi connectivity index (χ3v) is 12.1. The monoisotopic (exact) mass is 601 g/mol. The molecule has 3 aliphatic carbocycles. The highest BCUT2D eigenvalue weighted by atomic mass is 16.8. The van der Waals surface area contributed by atoms with Crippen molar-refractivity contribution in [3.05, 3.63) is 11.1 Å². The molecule has 2 saturated carbocycles. The molecular formula is C32H43NO10. The Kier molecular flexibility index (Phi) is 6.43. The van der Waals surface area contributed by atoms with Crippen LogP contribution in [0.3, 0.4) is 0 Å². The lowest BCUT2D eigenvalue weighted by molar-refractivity contribution is -0.169. The maximum atomic E-state index is 13.4. The summed E-state index contributed by atoms with van der Waals surface area (Å²) < 4.78 is 42.5. The number of esters is 3. The van der Waals surface area contributed by atoms with Gasteiger partial charge in [0, 0.05) is 30.5 Å². The first-order valence-corrected chi connectivity index (χ1v) is 16.3. The molecule has 9 atom stereocenters. The van der Waals surface area contributed by atoms with E-state index < -0.39 is 22.9 Å². The van der Waals surface area contributed by atoms with Crippen LogP contribution in [0.2, 0.25) is 0 Å². The molecule has 0 radical (unpaired) electrons. The van der Waals surface area contributed by atoms with Gasteiger partial charge >= 0.3 is 17.9 Å². The highest BCUT2D eigenvalue weighted by Gasteiger charge is 3.01. The third-order valence-electron chi connectivity index (χ3n) is 12.1. The van der Waals surface area contributed by atoms with Crippen LogP contribution in [0.15, 0.2) is 11.1 Å². The predicted octanol–water partition coefficient (Wildman–Crippen LogP) is 2.09. The number of cyclic esters (lactones) is 1. The Balaban J connectivity index is 0.914. The lowest BCUT2D eigenvalue weighted by Gasteiger charge is -2.53. The van der Waals surface area contributed by atoms with E-state index in [-0.39, 0.29) is 59.9 Å². The lowest BCUT2D eigenvalue weighted by atomic mass is 9.46. The molecule has 0 aromatic carbocycles. The second kappa shape index (κ2) is 9.72. The summed E-state index contributed by atoms with van der Waals surface area (Å²) in [6.45, 7) is 10.3. The first kappa shape index (κ1) is 28.4. The Morgan fingerprint density at radius 2 is 1.86 bits per heavy atom. The van der Waals surface area contributed by atoms with Crippen LogP contribution in [0.5, 0.6) is 0 Å². The summed E-state index contributed by atoms with van der Waals surface area (Å²) in [5, 5.41) is 0. The molecular weight excluding hydrogens is 558 g/mol. The summed E-state index contributed by atoms with van der Waals surface area (Å²) in [5.41, 5.74) is -0.257. The van der Waals surface area contributed by atoms with Crippen molar-refractivity contribution < 1.29 is 47.5 Å². The highest BCUT2D eigenvalue weighted by molar-refractivity contribution is 5.92. The minimum Gasteiger partial charge on any atom is -0.465 e. The maximum absolute atomic E-state index is 13.4.